The molecule has 0 atom stereocenters. The summed E-state index contributed by atoms with van der Waals surface area (Å²) in [6.07, 6.45) is 0.785. The average Bonchev–Trinajstić information content (AvgIpc) is 2.91. The topological polar surface area (TPSA) is 77.0 Å². The number of hydrogen-bond donors (Lipinski definition) is 3. The third kappa shape index (κ3) is 3.33. The lowest BCUT2D eigenvalue weighted by molar-refractivity contribution is 0.251. The SMILES string of the molecule is N#Cc1c(NC(=O)NCc2ccccc2F)sc2c1CCNC2. The van der Waals surface area contributed by atoms with Crippen molar-refractivity contribution in [2.45, 2.75) is 19.5 Å². The number of benzene rings is 1. The summed E-state index contributed by atoms with van der Waals surface area (Å²) in [5.41, 5.74) is 1.96. The molecule has 0 saturated heterocycles. The number of carbonyl (C=O) groups is 1. The van der Waals surface area contributed by atoms with Gasteiger partial charge >= 0.3 is 6.03 Å². The van der Waals surface area contributed by atoms with Gasteiger partial charge in [-0.3, -0.25) is 5.32 Å². The van der Waals surface area contributed by atoms with Crippen LogP contribution in [0.25, 0.3) is 0 Å². The predicted molar refractivity (Wildman–Crippen MR) is 86.7 cm³/mol. The number of amides is 2. The molecule has 0 spiro atoms. The molecule has 118 valence electrons. The minimum Gasteiger partial charge on any atom is -0.334 e. The van der Waals surface area contributed by atoms with Crippen LogP contribution in [0.3, 0.4) is 0 Å². The van der Waals surface area contributed by atoms with Gasteiger partial charge in [-0.1, -0.05) is 18.2 Å². The number of thiophene rings is 1. The normalized spacial score (nSPS) is 13.0. The molecule has 1 aliphatic rings. The van der Waals surface area contributed by atoms with Crippen LogP contribution < -0.4 is 16.0 Å². The Balaban J connectivity index is 1.68. The predicted octanol–water partition coefficient (Wildman–Crippen LogP) is 2.73. The van der Waals surface area contributed by atoms with E-state index in [1.807, 2.05) is 0 Å². The number of halogens is 1. The van der Waals surface area contributed by atoms with Crippen molar-refractivity contribution in [3.05, 3.63) is 51.7 Å². The maximum absolute atomic E-state index is 13.5. The van der Waals surface area contributed by atoms with Gasteiger partial charge in [0.15, 0.2) is 0 Å². The van der Waals surface area contributed by atoms with E-state index in [2.05, 4.69) is 22.0 Å². The molecule has 0 fully saturated rings. The van der Waals surface area contributed by atoms with E-state index in [0.29, 0.717) is 22.7 Å². The van der Waals surface area contributed by atoms with Gasteiger partial charge in [0.2, 0.25) is 0 Å². The van der Waals surface area contributed by atoms with Crippen LogP contribution in [0.5, 0.6) is 0 Å². The van der Waals surface area contributed by atoms with Gasteiger partial charge in [-0.15, -0.1) is 11.3 Å². The van der Waals surface area contributed by atoms with E-state index in [1.165, 1.54) is 17.4 Å². The molecule has 1 aliphatic heterocycles. The highest BCUT2D eigenvalue weighted by Gasteiger charge is 2.21. The van der Waals surface area contributed by atoms with Gasteiger partial charge in [-0.25, -0.2) is 9.18 Å². The van der Waals surface area contributed by atoms with Crippen LogP contribution in [0.15, 0.2) is 24.3 Å². The Bertz CT molecular complexity index is 781. The number of nitriles is 1. The fourth-order valence-electron chi connectivity index (χ4n) is 2.51. The zero-order valence-corrected chi connectivity index (χ0v) is 13.1. The highest BCUT2D eigenvalue weighted by Crippen LogP contribution is 2.34. The lowest BCUT2D eigenvalue weighted by atomic mass is 10.1. The third-order valence-corrected chi connectivity index (χ3v) is 4.81. The molecule has 1 aromatic carbocycles. The summed E-state index contributed by atoms with van der Waals surface area (Å²) < 4.78 is 13.5. The summed E-state index contributed by atoms with van der Waals surface area (Å²) in [6, 6.07) is 8.01. The first kappa shape index (κ1) is 15.5. The molecule has 23 heavy (non-hydrogen) atoms. The number of rotatable bonds is 3. The van der Waals surface area contributed by atoms with E-state index in [-0.39, 0.29) is 12.4 Å². The summed E-state index contributed by atoms with van der Waals surface area (Å²) in [4.78, 5) is 13.1. The van der Waals surface area contributed by atoms with E-state index < -0.39 is 6.03 Å². The molecule has 1 aromatic heterocycles. The van der Waals surface area contributed by atoms with Crippen molar-refractivity contribution in [2.75, 3.05) is 11.9 Å². The summed E-state index contributed by atoms with van der Waals surface area (Å²) in [5.74, 6) is -0.358. The molecule has 0 unspecified atom stereocenters. The lowest BCUT2D eigenvalue weighted by Crippen LogP contribution is -2.28. The van der Waals surface area contributed by atoms with Crippen molar-refractivity contribution in [3.8, 4) is 6.07 Å². The minimum atomic E-state index is -0.448. The number of urea groups is 1. The molecule has 5 nitrogen and oxygen atoms in total. The Labute approximate surface area is 137 Å². The van der Waals surface area contributed by atoms with E-state index in [0.717, 1.165) is 23.4 Å². The highest BCUT2D eigenvalue weighted by atomic mass is 32.1. The van der Waals surface area contributed by atoms with Crippen molar-refractivity contribution < 1.29 is 9.18 Å². The fourth-order valence-corrected chi connectivity index (χ4v) is 3.67. The second-order valence-electron chi connectivity index (χ2n) is 5.15. The van der Waals surface area contributed by atoms with Crippen LogP contribution in [-0.4, -0.2) is 12.6 Å². The number of nitrogens with one attached hydrogen (secondary N) is 3. The van der Waals surface area contributed by atoms with Crippen molar-refractivity contribution in [3.63, 3.8) is 0 Å². The monoisotopic (exact) mass is 330 g/mol. The standard InChI is InChI=1S/C16H15FN4OS/c17-13-4-2-1-3-10(13)8-20-16(22)21-15-12(7-18)11-5-6-19-9-14(11)23-15/h1-4,19H,5-6,8-9H2,(H2,20,21,22). The van der Waals surface area contributed by atoms with Crippen LogP contribution in [0.1, 0.15) is 21.6 Å². The van der Waals surface area contributed by atoms with Crippen LogP contribution in [0, 0.1) is 17.1 Å². The van der Waals surface area contributed by atoms with Gasteiger partial charge in [-0.2, -0.15) is 5.26 Å². The Hall–Kier alpha value is -2.43. The molecule has 2 heterocycles. The number of fused-ring (bicyclic) bond motifs is 1. The summed E-state index contributed by atoms with van der Waals surface area (Å²) >= 11 is 1.41. The maximum atomic E-state index is 13.5. The quantitative estimate of drug-likeness (QED) is 0.810. The van der Waals surface area contributed by atoms with Crippen LogP contribution in [-0.2, 0) is 19.5 Å². The summed E-state index contributed by atoms with van der Waals surface area (Å²) in [6.45, 7) is 1.64. The van der Waals surface area contributed by atoms with Crippen molar-refractivity contribution >= 4 is 22.4 Å². The van der Waals surface area contributed by atoms with Crippen LogP contribution in [0.4, 0.5) is 14.2 Å². The molecular weight excluding hydrogens is 315 g/mol. The van der Waals surface area contributed by atoms with E-state index in [1.54, 1.807) is 18.2 Å². The van der Waals surface area contributed by atoms with Crippen LogP contribution in [0.2, 0.25) is 0 Å². The largest absolute Gasteiger partial charge is 0.334 e. The van der Waals surface area contributed by atoms with E-state index >= 15 is 0 Å². The molecule has 0 bridgehead atoms. The smallest absolute Gasteiger partial charge is 0.320 e. The first-order valence-electron chi connectivity index (χ1n) is 7.22. The first-order valence-corrected chi connectivity index (χ1v) is 8.04. The third-order valence-electron chi connectivity index (χ3n) is 3.66. The van der Waals surface area contributed by atoms with Crippen molar-refractivity contribution in [1.82, 2.24) is 10.6 Å². The number of nitrogens with zero attached hydrogens (tertiary/aromatic N) is 1. The molecule has 2 aromatic rings. The average molecular weight is 330 g/mol. The molecule has 3 rings (SSSR count). The Kier molecular flexibility index (Phi) is 4.55. The van der Waals surface area contributed by atoms with Crippen molar-refractivity contribution in [1.29, 1.82) is 5.26 Å². The molecule has 0 aliphatic carbocycles. The highest BCUT2D eigenvalue weighted by molar-refractivity contribution is 7.16. The zero-order valence-electron chi connectivity index (χ0n) is 12.3. The molecule has 7 heteroatoms. The van der Waals surface area contributed by atoms with Gasteiger partial charge in [0.1, 0.15) is 16.9 Å². The number of anilines is 1. The fraction of sp³-hybridized carbons (Fsp3) is 0.250. The molecule has 0 radical (unpaired) electrons. The van der Waals surface area contributed by atoms with Crippen LogP contribution >= 0.6 is 11.3 Å². The molecule has 0 saturated carbocycles. The van der Waals surface area contributed by atoms with E-state index in [4.69, 9.17) is 0 Å². The molecular formula is C16H15FN4OS. The van der Waals surface area contributed by atoms with Gasteiger partial charge in [-0.05, 0) is 24.6 Å². The van der Waals surface area contributed by atoms with Gasteiger partial charge in [0, 0.05) is 23.5 Å². The Morgan fingerprint density at radius 3 is 3.04 bits per heavy atom. The molecule has 3 N–H and O–H groups in total. The number of carbonyl (C=O) groups excluding carboxylic acids is 1. The van der Waals surface area contributed by atoms with E-state index in [9.17, 15) is 14.4 Å². The van der Waals surface area contributed by atoms with Gasteiger partial charge in [0.05, 0.1) is 5.56 Å². The number of hydrogen-bond acceptors (Lipinski definition) is 4. The summed E-state index contributed by atoms with van der Waals surface area (Å²) in [5, 5.41) is 18.4. The second kappa shape index (κ2) is 6.77. The Morgan fingerprint density at radius 2 is 2.26 bits per heavy atom. The first-order chi connectivity index (χ1) is 11.2. The zero-order chi connectivity index (χ0) is 16.2. The van der Waals surface area contributed by atoms with Gasteiger partial charge in [0.25, 0.3) is 0 Å². The van der Waals surface area contributed by atoms with Gasteiger partial charge < -0.3 is 10.6 Å². The second-order valence-corrected chi connectivity index (χ2v) is 6.25. The lowest BCUT2D eigenvalue weighted by Gasteiger charge is -2.11. The minimum absolute atomic E-state index is 0.0903. The molecule has 2 amide bonds. The maximum Gasteiger partial charge on any atom is 0.320 e. The van der Waals surface area contributed by atoms with Crippen molar-refractivity contribution in [2.24, 2.45) is 0 Å². The summed E-state index contributed by atoms with van der Waals surface area (Å²) in [7, 11) is 0. The Morgan fingerprint density at radius 1 is 1.43 bits per heavy atom.